The molecule has 4 nitrogen and oxygen atoms in total. The molecule has 0 spiro atoms. The van der Waals surface area contributed by atoms with Crippen LogP contribution in [0.3, 0.4) is 0 Å². The van der Waals surface area contributed by atoms with Crippen LogP contribution in [0.2, 0.25) is 0 Å². The highest BCUT2D eigenvalue weighted by Gasteiger charge is 2.42. The number of hydrogen-bond acceptors (Lipinski definition) is 3. The number of benzene rings is 1. The van der Waals surface area contributed by atoms with Crippen LogP contribution >= 0.6 is 15.9 Å². The SMILES string of the molecule is Cc1cc(NC(=O)CN2CC3CNCC3C2C)ccc1Br. The average Bonchev–Trinajstić information content (AvgIpc) is 2.99. The number of fused-ring (bicyclic) bond motifs is 1. The third kappa shape index (κ3) is 3.15. The van der Waals surface area contributed by atoms with E-state index in [-0.39, 0.29) is 5.91 Å². The fourth-order valence-corrected chi connectivity index (χ4v) is 3.82. The predicted octanol–water partition coefficient (Wildman–Crippen LogP) is 2.24. The number of likely N-dealkylation sites (tertiary alicyclic amines) is 1. The molecule has 0 radical (unpaired) electrons. The van der Waals surface area contributed by atoms with Gasteiger partial charge in [0, 0.05) is 22.7 Å². The lowest BCUT2D eigenvalue weighted by atomic mass is 9.95. The molecule has 0 saturated carbocycles. The first kappa shape index (κ1) is 15.0. The van der Waals surface area contributed by atoms with E-state index < -0.39 is 0 Å². The third-order valence-electron chi connectivity index (χ3n) is 4.85. The van der Waals surface area contributed by atoms with Gasteiger partial charge in [0.25, 0.3) is 0 Å². The van der Waals surface area contributed by atoms with Gasteiger partial charge in [0.2, 0.25) is 5.91 Å². The van der Waals surface area contributed by atoms with Gasteiger partial charge in [0.15, 0.2) is 0 Å². The number of halogens is 1. The minimum Gasteiger partial charge on any atom is -0.325 e. The zero-order chi connectivity index (χ0) is 15.0. The number of anilines is 1. The van der Waals surface area contributed by atoms with Crippen LogP contribution in [-0.2, 0) is 4.79 Å². The number of carbonyl (C=O) groups is 1. The van der Waals surface area contributed by atoms with Gasteiger partial charge in [0.1, 0.15) is 0 Å². The van der Waals surface area contributed by atoms with Crippen LogP contribution in [0.25, 0.3) is 0 Å². The van der Waals surface area contributed by atoms with Crippen molar-refractivity contribution in [2.75, 3.05) is 31.5 Å². The lowest BCUT2D eigenvalue weighted by Crippen LogP contribution is -2.38. The smallest absolute Gasteiger partial charge is 0.238 e. The molecule has 2 N–H and O–H groups in total. The molecule has 3 rings (SSSR count). The van der Waals surface area contributed by atoms with Crippen LogP contribution < -0.4 is 10.6 Å². The van der Waals surface area contributed by atoms with Crippen molar-refractivity contribution >= 4 is 27.5 Å². The van der Waals surface area contributed by atoms with E-state index in [4.69, 9.17) is 0 Å². The molecule has 2 heterocycles. The predicted molar refractivity (Wildman–Crippen MR) is 88.4 cm³/mol. The van der Waals surface area contributed by atoms with Gasteiger partial charge in [-0.25, -0.2) is 0 Å². The van der Waals surface area contributed by atoms with Gasteiger partial charge in [-0.05, 0) is 62.5 Å². The molecule has 5 heteroatoms. The van der Waals surface area contributed by atoms with Crippen LogP contribution in [0.15, 0.2) is 22.7 Å². The lowest BCUT2D eigenvalue weighted by molar-refractivity contribution is -0.117. The maximum Gasteiger partial charge on any atom is 0.238 e. The Labute approximate surface area is 134 Å². The summed E-state index contributed by atoms with van der Waals surface area (Å²) in [6.45, 7) is 7.98. The van der Waals surface area contributed by atoms with E-state index in [1.54, 1.807) is 0 Å². The summed E-state index contributed by atoms with van der Waals surface area (Å²) in [4.78, 5) is 14.6. The molecule has 1 aromatic rings. The summed E-state index contributed by atoms with van der Waals surface area (Å²) in [6, 6.07) is 6.39. The molecule has 3 unspecified atom stereocenters. The molecular formula is C16H22BrN3O. The fourth-order valence-electron chi connectivity index (χ4n) is 3.57. The van der Waals surface area contributed by atoms with E-state index in [0.717, 1.165) is 35.4 Å². The van der Waals surface area contributed by atoms with E-state index in [0.29, 0.717) is 24.4 Å². The quantitative estimate of drug-likeness (QED) is 0.877. The van der Waals surface area contributed by atoms with Crippen molar-refractivity contribution in [3.8, 4) is 0 Å². The summed E-state index contributed by atoms with van der Waals surface area (Å²) in [7, 11) is 0. The molecule has 114 valence electrons. The Bertz CT molecular complexity index is 548. The van der Waals surface area contributed by atoms with E-state index in [1.165, 1.54) is 0 Å². The van der Waals surface area contributed by atoms with Gasteiger partial charge in [-0.2, -0.15) is 0 Å². The Morgan fingerprint density at radius 3 is 3.00 bits per heavy atom. The van der Waals surface area contributed by atoms with Crippen LogP contribution in [0.5, 0.6) is 0 Å². The molecule has 21 heavy (non-hydrogen) atoms. The highest BCUT2D eigenvalue weighted by Crippen LogP contribution is 2.32. The summed E-state index contributed by atoms with van der Waals surface area (Å²) in [5.74, 6) is 1.49. The number of nitrogens with zero attached hydrogens (tertiary/aromatic N) is 1. The zero-order valence-electron chi connectivity index (χ0n) is 12.5. The van der Waals surface area contributed by atoms with Gasteiger partial charge >= 0.3 is 0 Å². The van der Waals surface area contributed by atoms with Crippen molar-refractivity contribution in [1.29, 1.82) is 0 Å². The first-order valence-electron chi connectivity index (χ1n) is 7.55. The van der Waals surface area contributed by atoms with Crippen molar-refractivity contribution in [3.63, 3.8) is 0 Å². The Kier molecular flexibility index (Phi) is 4.33. The molecule has 2 saturated heterocycles. The van der Waals surface area contributed by atoms with Crippen molar-refractivity contribution in [2.24, 2.45) is 11.8 Å². The molecule has 1 amide bonds. The number of aryl methyl sites for hydroxylation is 1. The molecule has 2 fully saturated rings. The highest BCUT2D eigenvalue weighted by atomic mass is 79.9. The van der Waals surface area contributed by atoms with E-state index in [1.807, 2.05) is 25.1 Å². The first-order chi connectivity index (χ1) is 10.0. The van der Waals surface area contributed by atoms with Crippen LogP contribution in [0.4, 0.5) is 5.69 Å². The monoisotopic (exact) mass is 351 g/mol. The minimum atomic E-state index is 0.0801. The van der Waals surface area contributed by atoms with Crippen molar-refractivity contribution in [3.05, 3.63) is 28.2 Å². The van der Waals surface area contributed by atoms with Gasteiger partial charge in [0.05, 0.1) is 6.54 Å². The second-order valence-electron chi connectivity index (χ2n) is 6.26. The molecular weight excluding hydrogens is 330 g/mol. The molecule has 0 aromatic heterocycles. The number of nitrogens with one attached hydrogen (secondary N) is 2. The molecule has 1 aromatic carbocycles. The molecule has 2 aliphatic rings. The molecule has 0 bridgehead atoms. The zero-order valence-corrected chi connectivity index (χ0v) is 14.1. The lowest BCUT2D eigenvalue weighted by Gasteiger charge is -2.23. The van der Waals surface area contributed by atoms with E-state index >= 15 is 0 Å². The van der Waals surface area contributed by atoms with Crippen molar-refractivity contribution in [1.82, 2.24) is 10.2 Å². The maximum absolute atomic E-state index is 12.2. The number of amides is 1. The third-order valence-corrected chi connectivity index (χ3v) is 5.73. The van der Waals surface area contributed by atoms with Crippen molar-refractivity contribution < 1.29 is 4.79 Å². The van der Waals surface area contributed by atoms with E-state index in [9.17, 15) is 4.79 Å². The highest BCUT2D eigenvalue weighted by molar-refractivity contribution is 9.10. The summed E-state index contributed by atoms with van der Waals surface area (Å²) in [6.07, 6.45) is 0. The van der Waals surface area contributed by atoms with Gasteiger partial charge in [-0.1, -0.05) is 15.9 Å². The summed E-state index contributed by atoms with van der Waals surface area (Å²) in [5, 5.41) is 6.45. The first-order valence-corrected chi connectivity index (χ1v) is 8.34. The summed E-state index contributed by atoms with van der Waals surface area (Å²) < 4.78 is 1.06. The Balaban J connectivity index is 1.58. The summed E-state index contributed by atoms with van der Waals surface area (Å²) >= 11 is 3.48. The normalized spacial score (nSPS) is 28.6. The number of carbonyl (C=O) groups excluding carboxylic acids is 1. The van der Waals surface area contributed by atoms with Gasteiger partial charge < -0.3 is 10.6 Å². The summed E-state index contributed by atoms with van der Waals surface area (Å²) in [5.41, 5.74) is 2.00. The van der Waals surface area contributed by atoms with Crippen molar-refractivity contribution in [2.45, 2.75) is 19.9 Å². The standard InChI is InChI=1S/C16H22BrN3O/c1-10-5-13(3-4-15(10)17)19-16(21)9-20-8-12-6-18-7-14(12)11(20)2/h3-5,11-12,14,18H,6-9H2,1-2H3,(H,19,21). The number of hydrogen-bond donors (Lipinski definition) is 2. The van der Waals surface area contributed by atoms with Gasteiger partial charge in [-0.3, -0.25) is 9.69 Å². The number of rotatable bonds is 3. The maximum atomic E-state index is 12.2. The van der Waals surface area contributed by atoms with Crippen LogP contribution in [0.1, 0.15) is 12.5 Å². The topological polar surface area (TPSA) is 44.4 Å². The molecule has 3 atom stereocenters. The van der Waals surface area contributed by atoms with Gasteiger partial charge in [-0.15, -0.1) is 0 Å². The van der Waals surface area contributed by atoms with Crippen LogP contribution in [-0.4, -0.2) is 43.0 Å². The second kappa shape index (κ2) is 6.07. The minimum absolute atomic E-state index is 0.0801. The molecule has 2 aliphatic heterocycles. The van der Waals surface area contributed by atoms with Crippen LogP contribution in [0, 0.1) is 18.8 Å². The molecule has 0 aliphatic carbocycles. The average molecular weight is 352 g/mol. The Morgan fingerprint density at radius 1 is 1.48 bits per heavy atom. The Hall–Kier alpha value is -0.910. The largest absolute Gasteiger partial charge is 0.325 e. The Morgan fingerprint density at radius 2 is 2.29 bits per heavy atom. The fraction of sp³-hybridized carbons (Fsp3) is 0.562. The second-order valence-corrected chi connectivity index (χ2v) is 7.12. The van der Waals surface area contributed by atoms with E-state index in [2.05, 4.69) is 38.4 Å².